The summed E-state index contributed by atoms with van der Waals surface area (Å²) in [6, 6.07) is 9.36. The first kappa shape index (κ1) is 18.0. The van der Waals surface area contributed by atoms with E-state index in [1.54, 1.807) is 6.07 Å². The van der Waals surface area contributed by atoms with Gasteiger partial charge in [0.15, 0.2) is 0 Å². The number of pyridine rings is 1. The number of fused-ring (bicyclic) bond motifs is 1. The first-order chi connectivity index (χ1) is 11.2. The highest BCUT2D eigenvalue weighted by Crippen LogP contribution is 2.12. The van der Waals surface area contributed by atoms with Crippen molar-refractivity contribution in [2.45, 2.75) is 26.4 Å². The minimum Gasteiger partial charge on any atom is -0.459 e. The van der Waals surface area contributed by atoms with Crippen LogP contribution in [0.4, 0.5) is 5.82 Å². The quantitative estimate of drug-likeness (QED) is 0.794. The predicted octanol–water partition coefficient (Wildman–Crippen LogP) is 2.21. The van der Waals surface area contributed by atoms with Crippen molar-refractivity contribution in [1.29, 1.82) is 0 Å². The summed E-state index contributed by atoms with van der Waals surface area (Å²) in [5.74, 6) is 0.425. The average Bonchev–Trinajstić information content (AvgIpc) is 2.45. The molecule has 2 aromatic rings. The van der Waals surface area contributed by atoms with Crippen LogP contribution >= 0.6 is 0 Å². The van der Waals surface area contributed by atoms with Crippen LogP contribution in [0.25, 0.3) is 10.8 Å². The topological polar surface area (TPSA) is 74.4 Å². The van der Waals surface area contributed by atoms with Crippen molar-refractivity contribution in [3.63, 3.8) is 0 Å². The molecule has 0 amide bonds. The number of H-pyrrole nitrogens is 1. The molecule has 1 heterocycles. The molecule has 6 heteroatoms. The van der Waals surface area contributed by atoms with Gasteiger partial charge in [-0.2, -0.15) is 0 Å². The number of esters is 1. The van der Waals surface area contributed by atoms with Gasteiger partial charge in [0.25, 0.3) is 5.56 Å². The highest BCUT2D eigenvalue weighted by atomic mass is 16.6. The molecule has 1 aromatic heterocycles. The van der Waals surface area contributed by atoms with Crippen LogP contribution in [0.5, 0.6) is 0 Å². The van der Waals surface area contributed by atoms with E-state index in [0.717, 1.165) is 5.39 Å². The smallest absolute Gasteiger partial charge is 0.320 e. The highest BCUT2D eigenvalue weighted by Gasteiger charge is 2.17. The summed E-state index contributed by atoms with van der Waals surface area (Å²) in [5, 5.41) is 4.75. The molecule has 0 saturated heterocycles. The Morgan fingerprint density at radius 3 is 2.71 bits per heavy atom. The zero-order valence-electron chi connectivity index (χ0n) is 14.7. The molecule has 2 N–H and O–H groups in total. The molecule has 2 rings (SSSR count). The largest absolute Gasteiger partial charge is 0.459 e. The number of hydrogen-bond acceptors (Lipinski definition) is 5. The molecule has 0 saturated carbocycles. The molecule has 0 unspecified atom stereocenters. The summed E-state index contributed by atoms with van der Waals surface area (Å²) in [7, 11) is 1.86. The van der Waals surface area contributed by atoms with Gasteiger partial charge in [-0.05, 0) is 45.3 Å². The van der Waals surface area contributed by atoms with Crippen LogP contribution in [-0.2, 0) is 9.53 Å². The number of hydrogen-bond donors (Lipinski definition) is 2. The Labute approximate surface area is 141 Å². The number of ether oxygens (including phenoxy) is 1. The lowest BCUT2D eigenvalue weighted by molar-refractivity contribution is -0.155. The van der Waals surface area contributed by atoms with E-state index in [4.69, 9.17) is 4.74 Å². The second-order valence-electron chi connectivity index (χ2n) is 6.85. The van der Waals surface area contributed by atoms with Gasteiger partial charge in [-0.15, -0.1) is 0 Å². The summed E-state index contributed by atoms with van der Waals surface area (Å²) < 4.78 is 5.29. The van der Waals surface area contributed by atoms with Crippen molar-refractivity contribution < 1.29 is 9.53 Å². The van der Waals surface area contributed by atoms with Crippen molar-refractivity contribution in [3.05, 3.63) is 40.7 Å². The molecular weight excluding hydrogens is 306 g/mol. The van der Waals surface area contributed by atoms with Crippen molar-refractivity contribution in [3.8, 4) is 0 Å². The average molecular weight is 331 g/mol. The van der Waals surface area contributed by atoms with Crippen molar-refractivity contribution >= 4 is 22.6 Å². The van der Waals surface area contributed by atoms with Gasteiger partial charge in [-0.25, -0.2) is 0 Å². The SMILES string of the molecule is CN(CCNc1cc2ccccc2c(=O)[nH]1)CC(=O)OC(C)(C)C. The maximum Gasteiger partial charge on any atom is 0.320 e. The Balaban J connectivity index is 1.86. The Morgan fingerprint density at radius 1 is 1.29 bits per heavy atom. The molecule has 0 radical (unpaired) electrons. The number of anilines is 1. The summed E-state index contributed by atoms with van der Waals surface area (Å²) in [4.78, 5) is 28.5. The molecule has 24 heavy (non-hydrogen) atoms. The fourth-order valence-corrected chi connectivity index (χ4v) is 2.36. The van der Waals surface area contributed by atoms with Crippen molar-refractivity contribution in [2.75, 3.05) is 32.0 Å². The fraction of sp³-hybridized carbons (Fsp3) is 0.444. The van der Waals surface area contributed by atoms with Crippen LogP contribution < -0.4 is 10.9 Å². The van der Waals surface area contributed by atoms with Gasteiger partial charge in [0.2, 0.25) is 0 Å². The molecule has 0 fully saturated rings. The van der Waals surface area contributed by atoms with Gasteiger partial charge >= 0.3 is 5.97 Å². The third-order valence-corrected chi connectivity index (χ3v) is 3.38. The zero-order chi connectivity index (χ0) is 17.7. The monoisotopic (exact) mass is 331 g/mol. The van der Waals surface area contributed by atoms with Crippen LogP contribution in [0, 0.1) is 0 Å². The summed E-state index contributed by atoms with van der Waals surface area (Å²) in [5.41, 5.74) is -0.585. The number of aromatic nitrogens is 1. The third-order valence-electron chi connectivity index (χ3n) is 3.38. The maximum atomic E-state index is 12.0. The lowest BCUT2D eigenvalue weighted by atomic mass is 10.2. The molecule has 0 atom stereocenters. The number of nitrogens with one attached hydrogen (secondary N) is 2. The van der Waals surface area contributed by atoms with Crippen molar-refractivity contribution in [2.24, 2.45) is 0 Å². The highest BCUT2D eigenvalue weighted by molar-refractivity contribution is 5.83. The Bertz CT molecular complexity index is 762. The fourth-order valence-electron chi connectivity index (χ4n) is 2.36. The van der Waals surface area contributed by atoms with Gasteiger partial charge in [0.1, 0.15) is 11.4 Å². The van der Waals surface area contributed by atoms with Gasteiger partial charge < -0.3 is 15.0 Å². The van der Waals surface area contributed by atoms with E-state index in [1.807, 2.05) is 57.0 Å². The van der Waals surface area contributed by atoms with E-state index in [2.05, 4.69) is 10.3 Å². The number of carbonyl (C=O) groups is 1. The van der Waals surface area contributed by atoms with Gasteiger partial charge in [-0.3, -0.25) is 14.5 Å². The molecule has 0 spiro atoms. The number of carbonyl (C=O) groups excluding carboxylic acids is 1. The van der Waals surface area contributed by atoms with Crippen LogP contribution in [0.2, 0.25) is 0 Å². The molecular formula is C18H25N3O3. The third kappa shape index (κ3) is 5.38. The Hall–Kier alpha value is -2.34. The van der Waals surface area contributed by atoms with E-state index in [-0.39, 0.29) is 18.1 Å². The number of nitrogens with zero attached hydrogens (tertiary/aromatic N) is 1. The number of benzene rings is 1. The van der Waals surface area contributed by atoms with Gasteiger partial charge in [0, 0.05) is 18.5 Å². The van der Waals surface area contributed by atoms with Crippen LogP contribution in [0.15, 0.2) is 35.1 Å². The molecule has 1 aromatic carbocycles. The van der Waals surface area contributed by atoms with E-state index in [1.165, 1.54) is 0 Å². The lowest BCUT2D eigenvalue weighted by Crippen LogP contribution is -2.35. The minimum atomic E-state index is -0.471. The first-order valence-corrected chi connectivity index (χ1v) is 8.01. The normalized spacial score (nSPS) is 11.7. The molecule has 0 bridgehead atoms. The second-order valence-corrected chi connectivity index (χ2v) is 6.85. The Morgan fingerprint density at radius 2 is 2.00 bits per heavy atom. The second kappa shape index (κ2) is 7.49. The number of likely N-dealkylation sites (N-methyl/N-ethyl adjacent to an activating group) is 1. The first-order valence-electron chi connectivity index (χ1n) is 8.01. The predicted molar refractivity (Wildman–Crippen MR) is 96.4 cm³/mol. The summed E-state index contributed by atoms with van der Waals surface area (Å²) in [6.45, 7) is 7.03. The summed E-state index contributed by atoms with van der Waals surface area (Å²) >= 11 is 0. The van der Waals surface area contributed by atoms with E-state index in [0.29, 0.717) is 24.3 Å². The molecule has 130 valence electrons. The van der Waals surface area contributed by atoms with Crippen LogP contribution in [-0.4, -0.2) is 48.1 Å². The number of aromatic amines is 1. The van der Waals surface area contributed by atoms with Gasteiger partial charge in [-0.1, -0.05) is 18.2 Å². The minimum absolute atomic E-state index is 0.113. The van der Waals surface area contributed by atoms with Crippen LogP contribution in [0.3, 0.4) is 0 Å². The lowest BCUT2D eigenvalue weighted by Gasteiger charge is -2.22. The molecule has 0 aliphatic heterocycles. The van der Waals surface area contributed by atoms with E-state index >= 15 is 0 Å². The molecule has 0 aliphatic rings. The Kier molecular flexibility index (Phi) is 5.62. The standard InChI is InChI=1S/C18H25N3O3/c1-18(2,3)24-16(22)12-21(4)10-9-19-15-11-13-7-5-6-8-14(13)17(23)20-15/h5-8,11H,9-10,12H2,1-4H3,(H2,19,20,23). The summed E-state index contributed by atoms with van der Waals surface area (Å²) in [6.07, 6.45) is 0. The van der Waals surface area contributed by atoms with Crippen molar-refractivity contribution in [1.82, 2.24) is 9.88 Å². The molecule has 0 aliphatic carbocycles. The maximum absolute atomic E-state index is 12.0. The molecule has 6 nitrogen and oxygen atoms in total. The van der Waals surface area contributed by atoms with Crippen LogP contribution in [0.1, 0.15) is 20.8 Å². The number of rotatable bonds is 6. The zero-order valence-corrected chi connectivity index (χ0v) is 14.7. The van der Waals surface area contributed by atoms with E-state index in [9.17, 15) is 9.59 Å². The van der Waals surface area contributed by atoms with E-state index < -0.39 is 5.60 Å². The van der Waals surface area contributed by atoms with Gasteiger partial charge in [0.05, 0.1) is 6.54 Å².